The van der Waals surface area contributed by atoms with Crippen molar-refractivity contribution in [2.45, 2.75) is 46.1 Å². The lowest BCUT2D eigenvalue weighted by molar-refractivity contribution is -0.149. The van der Waals surface area contributed by atoms with Crippen LogP contribution in [0.1, 0.15) is 47.9 Å². The summed E-state index contributed by atoms with van der Waals surface area (Å²) in [6.07, 6.45) is 2.45. The van der Waals surface area contributed by atoms with E-state index in [1.807, 2.05) is 32.0 Å². The van der Waals surface area contributed by atoms with Gasteiger partial charge in [-0.1, -0.05) is 18.2 Å². The molecule has 5 heteroatoms. The van der Waals surface area contributed by atoms with Gasteiger partial charge in [-0.25, -0.2) is 4.79 Å². The fourth-order valence-corrected chi connectivity index (χ4v) is 3.38. The molecule has 0 aliphatic carbocycles. The third-order valence-electron chi connectivity index (χ3n) is 4.68. The van der Waals surface area contributed by atoms with Crippen molar-refractivity contribution in [2.24, 2.45) is 0 Å². The number of likely N-dealkylation sites (tertiary alicyclic amines) is 1. The van der Waals surface area contributed by atoms with Crippen molar-refractivity contribution in [3.05, 3.63) is 35.1 Å². The molecule has 0 N–H and O–H groups in total. The molecule has 24 heavy (non-hydrogen) atoms. The summed E-state index contributed by atoms with van der Waals surface area (Å²) in [5.74, 6) is -0.216. The van der Waals surface area contributed by atoms with E-state index in [2.05, 4.69) is 0 Å². The van der Waals surface area contributed by atoms with Crippen molar-refractivity contribution >= 4 is 22.8 Å². The van der Waals surface area contributed by atoms with Gasteiger partial charge in [-0.3, -0.25) is 4.79 Å². The molecule has 1 aromatic heterocycles. The number of esters is 1. The molecule has 1 aliphatic rings. The first-order valence-corrected chi connectivity index (χ1v) is 8.51. The van der Waals surface area contributed by atoms with Gasteiger partial charge in [-0.15, -0.1) is 0 Å². The number of carbonyl (C=O) groups excluding carboxylic acids is 2. The Hall–Kier alpha value is -2.30. The first kappa shape index (κ1) is 16.6. The smallest absolute Gasteiger partial charge is 0.328 e. The fourth-order valence-electron chi connectivity index (χ4n) is 3.38. The van der Waals surface area contributed by atoms with Gasteiger partial charge >= 0.3 is 5.97 Å². The minimum Gasteiger partial charge on any atom is -0.464 e. The second-order valence-electron chi connectivity index (χ2n) is 6.27. The van der Waals surface area contributed by atoms with Gasteiger partial charge in [0.25, 0.3) is 5.91 Å². The van der Waals surface area contributed by atoms with E-state index in [1.165, 1.54) is 0 Å². The lowest BCUT2D eigenvalue weighted by Crippen LogP contribution is -2.48. The van der Waals surface area contributed by atoms with Gasteiger partial charge in [0.05, 0.1) is 6.61 Å². The standard InChI is InChI=1S/C19H23NO4/c1-4-23-19(22)15-10-5-6-11-20(15)18(21)17-13(3)14-9-7-8-12(2)16(14)24-17/h7-9,15H,4-6,10-11H2,1-3H3/t15-/m0/s1. The molecule has 1 fully saturated rings. The summed E-state index contributed by atoms with van der Waals surface area (Å²) in [6, 6.07) is 5.36. The Bertz CT molecular complexity index is 777. The molecule has 5 nitrogen and oxygen atoms in total. The molecule has 1 aromatic carbocycles. The van der Waals surface area contributed by atoms with E-state index >= 15 is 0 Å². The molecule has 2 heterocycles. The average Bonchev–Trinajstić information content (AvgIpc) is 2.93. The van der Waals surface area contributed by atoms with Crippen molar-refractivity contribution in [2.75, 3.05) is 13.2 Å². The van der Waals surface area contributed by atoms with Crippen molar-refractivity contribution in [1.82, 2.24) is 4.90 Å². The van der Waals surface area contributed by atoms with E-state index in [-0.39, 0.29) is 11.9 Å². The molecule has 1 amide bonds. The lowest BCUT2D eigenvalue weighted by atomic mass is 10.0. The van der Waals surface area contributed by atoms with E-state index in [1.54, 1.807) is 11.8 Å². The number of benzene rings is 1. The summed E-state index contributed by atoms with van der Waals surface area (Å²) in [5.41, 5.74) is 2.56. The minimum atomic E-state index is -0.514. The van der Waals surface area contributed by atoms with Crippen LogP contribution >= 0.6 is 0 Å². The number of para-hydroxylation sites is 1. The maximum Gasteiger partial charge on any atom is 0.328 e. The molecule has 1 atom stereocenters. The quantitative estimate of drug-likeness (QED) is 0.807. The molecule has 0 unspecified atom stereocenters. The largest absolute Gasteiger partial charge is 0.464 e. The number of furan rings is 1. The second-order valence-corrected chi connectivity index (χ2v) is 6.27. The molecule has 0 saturated carbocycles. The average molecular weight is 329 g/mol. The van der Waals surface area contributed by atoms with Crippen LogP contribution in [0.25, 0.3) is 11.0 Å². The molecular formula is C19H23NO4. The zero-order valence-electron chi connectivity index (χ0n) is 14.4. The summed E-state index contributed by atoms with van der Waals surface area (Å²) in [4.78, 5) is 26.9. The third kappa shape index (κ3) is 2.79. The zero-order valence-corrected chi connectivity index (χ0v) is 14.4. The monoisotopic (exact) mass is 329 g/mol. The number of amides is 1. The van der Waals surface area contributed by atoms with Crippen molar-refractivity contribution in [3.8, 4) is 0 Å². The first-order chi connectivity index (χ1) is 11.5. The van der Waals surface area contributed by atoms with Crippen LogP contribution in [0.2, 0.25) is 0 Å². The van der Waals surface area contributed by atoms with Gasteiger partial charge in [0.1, 0.15) is 11.6 Å². The van der Waals surface area contributed by atoms with E-state index in [4.69, 9.17) is 9.15 Å². The summed E-state index contributed by atoms with van der Waals surface area (Å²) in [7, 11) is 0. The van der Waals surface area contributed by atoms with Gasteiger partial charge < -0.3 is 14.1 Å². The third-order valence-corrected chi connectivity index (χ3v) is 4.68. The maximum absolute atomic E-state index is 13.0. The summed E-state index contributed by atoms with van der Waals surface area (Å²) >= 11 is 0. The van der Waals surface area contributed by atoms with Crippen molar-refractivity contribution in [3.63, 3.8) is 0 Å². The maximum atomic E-state index is 13.0. The van der Waals surface area contributed by atoms with Crippen LogP contribution in [0.15, 0.2) is 22.6 Å². The van der Waals surface area contributed by atoms with E-state index in [0.717, 1.165) is 34.9 Å². The molecule has 0 spiro atoms. The number of fused-ring (bicyclic) bond motifs is 1. The van der Waals surface area contributed by atoms with Gasteiger partial charge in [-0.2, -0.15) is 0 Å². The highest BCUT2D eigenvalue weighted by atomic mass is 16.5. The Morgan fingerprint density at radius 2 is 2.08 bits per heavy atom. The molecule has 0 radical (unpaired) electrons. The Labute approximate surface area is 141 Å². The summed E-state index contributed by atoms with van der Waals surface area (Å²) in [5, 5.41) is 0.947. The summed E-state index contributed by atoms with van der Waals surface area (Å²) < 4.78 is 11.0. The van der Waals surface area contributed by atoms with Crippen LogP contribution in [0.5, 0.6) is 0 Å². The summed E-state index contributed by atoms with van der Waals surface area (Å²) in [6.45, 7) is 6.50. The van der Waals surface area contributed by atoms with Crippen LogP contribution in [0.3, 0.4) is 0 Å². The van der Waals surface area contributed by atoms with Crippen LogP contribution < -0.4 is 0 Å². The Kier molecular flexibility index (Phi) is 4.60. The molecule has 3 rings (SSSR count). The minimum absolute atomic E-state index is 0.221. The van der Waals surface area contributed by atoms with E-state index < -0.39 is 6.04 Å². The van der Waals surface area contributed by atoms with Gasteiger partial charge in [0.2, 0.25) is 0 Å². The van der Waals surface area contributed by atoms with Crippen molar-refractivity contribution < 1.29 is 18.7 Å². The van der Waals surface area contributed by atoms with Gasteiger partial charge in [0.15, 0.2) is 5.76 Å². The predicted molar refractivity (Wildman–Crippen MR) is 91.0 cm³/mol. The molecular weight excluding hydrogens is 306 g/mol. The van der Waals surface area contributed by atoms with Gasteiger partial charge in [-0.05, 0) is 45.6 Å². The molecule has 128 valence electrons. The highest BCUT2D eigenvalue weighted by Gasteiger charge is 2.35. The highest BCUT2D eigenvalue weighted by Crippen LogP contribution is 2.30. The second kappa shape index (κ2) is 6.67. The molecule has 0 bridgehead atoms. The van der Waals surface area contributed by atoms with Crippen LogP contribution in [-0.2, 0) is 9.53 Å². The number of carbonyl (C=O) groups is 2. The fraction of sp³-hybridized carbons (Fsp3) is 0.474. The van der Waals surface area contributed by atoms with E-state index in [0.29, 0.717) is 25.3 Å². The molecule has 1 saturated heterocycles. The molecule has 2 aromatic rings. The van der Waals surface area contributed by atoms with Crippen LogP contribution in [0, 0.1) is 13.8 Å². The topological polar surface area (TPSA) is 59.8 Å². The number of rotatable bonds is 3. The Balaban J connectivity index is 1.96. The van der Waals surface area contributed by atoms with Crippen LogP contribution in [-0.4, -0.2) is 36.0 Å². The molecule has 1 aliphatic heterocycles. The number of hydrogen-bond acceptors (Lipinski definition) is 4. The van der Waals surface area contributed by atoms with Crippen molar-refractivity contribution in [1.29, 1.82) is 0 Å². The number of ether oxygens (including phenoxy) is 1. The van der Waals surface area contributed by atoms with Gasteiger partial charge in [0, 0.05) is 17.5 Å². The SMILES string of the molecule is CCOC(=O)[C@@H]1CCCCN1C(=O)c1oc2c(C)cccc2c1C. The number of piperidine rings is 1. The Morgan fingerprint density at radius 1 is 1.29 bits per heavy atom. The number of nitrogens with zero attached hydrogens (tertiary/aromatic N) is 1. The number of aryl methyl sites for hydroxylation is 2. The normalized spacial score (nSPS) is 18.0. The van der Waals surface area contributed by atoms with E-state index in [9.17, 15) is 9.59 Å². The lowest BCUT2D eigenvalue weighted by Gasteiger charge is -2.33. The predicted octanol–water partition coefficient (Wildman–Crippen LogP) is 3.61. The zero-order chi connectivity index (χ0) is 17.3. The first-order valence-electron chi connectivity index (χ1n) is 8.51. The van der Waals surface area contributed by atoms with Crippen LogP contribution in [0.4, 0.5) is 0 Å². The highest BCUT2D eigenvalue weighted by molar-refractivity contribution is 6.01. The Morgan fingerprint density at radius 3 is 2.79 bits per heavy atom. The number of hydrogen-bond donors (Lipinski definition) is 0.